The summed E-state index contributed by atoms with van der Waals surface area (Å²) in [6.07, 6.45) is 2.36. The van der Waals surface area contributed by atoms with E-state index in [1.807, 2.05) is 31.2 Å². The Hall–Kier alpha value is -2.69. The average Bonchev–Trinajstić information content (AvgIpc) is 3.23. The zero-order valence-electron chi connectivity index (χ0n) is 12.2. The second-order valence-corrected chi connectivity index (χ2v) is 5.73. The number of rotatable bonds is 3. The van der Waals surface area contributed by atoms with Crippen molar-refractivity contribution in [2.75, 3.05) is 0 Å². The largest absolute Gasteiger partial charge is 0.508 e. The standard InChI is InChI=1S/C17H16N4O/c1-10-15(22)9-8-13(16(10)11-6-7-11)12-4-2-3-5-14(12)17-18-20-21-19-17/h2-5,8-9,11,22H,6-7H2,1H3,(H,18,19,20,21). The van der Waals surface area contributed by atoms with Crippen molar-refractivity contribution >= 4 is 0 Å². The fourth-order valence-electron chi connectivity index (χ4n) is 3.04. The Kier molecular flexibility index (Phi) is 2.92. The molecule has 5 heteroatoms. The van der Waals surface area contributed by atoms with Crippen molar-refractivity contribution in [3.63, 3.8) is 0 Å². The lowest BCUT2D eigenvalue weighted by molar-refractivity contribution is 0.470. The van der Waals surface area contributed by atoms with Crippen LogP contribution >= 0.6 is 0 Å². The van der Waals surface area contributed by atoms with Crippen molar-refractivity contribution in [3.05, 3.63) is 47.5 Å². The summed E-state index contributed by atoms with van der Waals surface area (Å²) in [4.78, 5) is 0. The number of phenolic OH excluding ortho intramolecular Hbond substituents is 1. The molecule has 1 heterocycles. The van der Waals surface area contributed by atoms with E-state index in [4.69, 9.17) is 0 Å². The third-order valence-electron chi connectivity index (χ3n) is 4.28. The van der Waals surface area contributed by atoms with Gasteiger partial charge in [0.25, 0.3) is 0 Å². The summed E-state index contributed by atoms with van der Waals surface area (Å²) in [5.74, 6) is 1.49. The first-order valence-corrected chi connectivity index (χ1v) is 7.41. The third kappa shape index (κ3) is 2.06. The number of nitrogens with zero attached hydrogens (tertiary/aromatic N) is 3. The van der Waals surface area contributed by atoms with Crippen molar-refractivity contribution in [2.24, 2.45) is 0 Å². The molecule has 22 heavy (non-hydrogen) atoms. The molecule has 0 saturated heterocycles. The van der Waals surface area contributed by atoms with Crippen LogP contribution in [0.5, 0.6) is 5.75 Å². The second kappa shape index (κ2) is 4.94. The zero-order valence-corrected chi connectivity index (χ0v) is 12.2. The van der Waals surface area contributed by atoms with Crippen LogP contribution in [0.1, 0.15) is 29.9 Å². The molecule has 0 atom stereocenters. The maximum absolute atomic E-state index is 10.1. The first-order valence-electron chi connectivity index (χ1n) is 7.41. The van der Waals surface area contributed by atoms with Crippen LogP contribution in [0.25, 0.3) is 22.5 Å². The fraction of sp³-hybridized carbons (Fsp3) is 0.235. The molecule has 1 aliphatic carbocycles. The topological polar surface area (TPSA) is 74.7 Å². The van der Waals surface area contributed by atoms with E-state index in [0.29, 0.717) is 17.5 Å². The van der Waals surface area contributed by atoms with Crippen LogP contribution in [-0.4, -0.2) is 25.7 Å². The number of benzene rings is 2. The van der Waals surface area contributed by atoms with Crippen LogP contribution in [0.3, 0.4) is 0 Å². The normalized spacial score (nSPS) is 14.2. The van der Waals surface area contributed by atoms with Crippen LogP contribution in [-0.2, 0) is 0 Å². The van der Waals surface area contributed by atoms with E-state index in [1.54, 1.807) is 6.07 Å². The molecule has 0 aliphatic heterocycles. The Balaban J connectivity index is 1.96. The van der Waals surface area contributed by atoms with Crippen molar-refractivity contribution in [1.29, 1.82) is 0 Å². The van der Waals surface area contributed by atoms with E-state index in [2.05, 4.69) is 26.7 Å². The predicted molar refractivity (Wildman–Crippen MR) is 83.4 cm³/mol. The van der Waals surface area contributed by atoms with Crippen LogP contribution in [0, 0.1) is 6.92 Å². The number of tetrazole rings is 1. The number of aromatic nitrogens is 4. The van der Waals surface area contributed by atoms with Gasteiger partial charge in [-0.05, 0) is 59.2 Å². The van der Waals surface area contributed by atoms with Crippen LogP contribution < -0.4 is 0 Å². The van der Waals surface area contributed by atoms with Gasteiger partial charge in [-0.25, -0.2) is 0 Å². The molecule has 2 N–H and O–H groups in total. The number of aromatic hydroxyl groups is 1. The molecule has 110 valence electrons. The van der Waals surface area contributed by atoms with Gasteiger partial charge in [0.2, 0.25) is 5.82 Å². The number of nitrogens with one attached hydrogen (secondary N) is 1. The van der Waals surface area contributed by atoms with Crippen LogP contribution in [0.15, 0.2) is 36.4 Å². The molecule has 0 radical (unpaired) electrons. The number of H-pyrrole nitrogens is 1. The fourth-order valence-corrected chi connectivity index (χ4v) is 3.04. The molecular weight excluding hydrogens is 276 g/mol. The lowest BCUT2D eigenvalue weighted by atomic mass is 9.90. The minimum atomic E-state index is 0.364. The quantitative estimate of drug-likeness (QED) is 0.775. The average molecular weight is 292 g/mol. The summed E-state index contributed by atoms with van der Waals surface area (Å²) in [7, 11) is 0. The summed E-state index contributed by atoms with van der Waals surface area (Å²) < 4.78 is 0. The summed E-state index contributed by atoms with van der Waals surface area (Å²) in [6, 6.07) is 11.8. The van der Waals surface area contributed by atoms with E-state index in [-0.39, 0.29) is 0 Å². The SMILES string of the molecule is Cc1c(O)ccc(-c2ccccc2-c2nn[nH]n2)c1C1CC1. The molecule has 4 rings (SSSR count). The van der Waals surface area contributed by atoms with Crippen molar-refractivity contribution < 1.29 is 5.11 Å². The summed E-state index contributed by atoms with van der Waals surface area (Å²) in [6.45, 7) is 1.99. The molecule has 1 aromatic heterocycles. The Bertz CT molecular complexity index is 823. The van der Waals surface area contributed by atoms with Gasteiger partial charge in [-0.2, -0.15) is 5.21 Å². The lowest BCUT2D eigenvalue weighted by Gasteiger charge is -2.15. The van der Waals surface area contributed by atoms with E-state index >= 15 is 0 Å². The van der Waals surface area contributed by atoms with Gasteiger partial charge >= 0.3 is 0 Å². The highest BCUT2D eigenvalue weighted by atomic mass is 16.3. The van der Waals surface area contributed by atoms with Gasteiger partial charge in [-0.15, -0.1) is 10.2 Å². The molecule has 2 aromatic carbocycles. The van der Waals surface area contributed by atoms with Crippen LogP contribution in [0.2, 0.25) is 0 Å². The molecule has 0 unspecified atom stereocenters. The van der Waals surface area contributed by atoms with E-state index < -0.39 is 0 Å². The van der Waals surface area contributed by atoms with E-state index in [0.717, 1.165) is 22.3 Å². The lowest BCUT2D eigenvalue weighted by Crippen LogP contribution is -1.95. The van der Waals surface area contributed by atoms with Gasteiger partial charge < -0.3 is 5.11 Å². The highest BCUT2D eigenvalue weighted by Gasteiger charge is 2.29. The molecule has 1 saturated carbocycles. The van der Waals surface area contributed by atoms with Gasteiger partial charge in [0.15, 0.2) is 0 Å². The Morgan fingerprint density at radius 1 is 1.05 bits per heavy atom. The van der Waals surface area contributed by atoms with Crippen molar-refractivity contribution in [3.8, 4) is 28.3 Å². The molecule has 1 aliphatic rings. The minimum absolute atomic E-state index is 0.364. The molecule has 1 fully saturated rings. The van der Waals surface area contributed by atoms with Crippen molar-refractivity contribution in [2.45, 2.75) is 25.7 Å². The molecule has 0 spiro atoms. The monoisotopic (exact) mass is 292 g/mol. The maximum Gasteiger partial charge on any atom is 0.205 e. The summed E-state index contributed by atoms with van der Waals surface area (Å²) in [5.41, 5.74) is 5.40. The van der Waals surface area contributed by atoms with Crippen LogP contribution in [0.4, 0.5) is 0 Å². The summed E-state index contributed by atoms with van der Waals surface area (Å²) >= 11 is 0. The molecule has 0 bridgehead atoms. The molecular formula is C17H16N4O. The Morgan fingerprint density at radius 3 is 2.50 bits per heavy atom. The van der Waals surface area contributed by atoms with Gasteiger partial charge in [0, 0.05) is 5.56 Å². The Labute approximate surface area is 128 Å². The molecule has 5 nitrogen and oxygen atoms in total. The first-order chi connectivity index (χ1) is 10.8. The number of aromatic amines is 1. The van der Waals surface area contributed by atoms with Gasteiger partial charge in [-0.3, -0.25) is 0 Å². The second-order valence-electron chi connectivity index (χ2n) is 5.73. The number of hydrogen-bond acceptors (Lipinski definition) is 4. The van der Waals surface area contributed by atoms with E-state index in [1.165, 1.54) is 18.4 Å². The molecule has 0 amide bonds. The third-order valence-corrected chi connectivity index (χ3v) is 4.28. The molecule has 3 aromatic rings. The number of hydrogen-bond donors (Lipinski definition) is 2. The highest BCUT2D eigenvalue weighted by Crippen LogP contribution is 2.48. The summed E-state index contributed by atoms with van der Waals surface area (Å²) in [5, 5.41) is 24.4. The van der Waals surface area contributed by atoms with Gasteiger partial charge in [0.1, 0.15) is 5.75 Å². The first kappa shape index (κ1) is 13.0. The van der Waals surface area contributed by atoms with Gasteiger partial charge in [-0.1, -0.05) is 30.3 Å². The smallest absolute Gasteiger partial charge is 0.205 e. The maximum atomic E-state index is 10.1. The highest BCUT2D eigenvalue weighted by molar-refractivity contribution is 5.83. The number of phenols is 1. The minimum Gasteiger partial charge on any atom is -0.508 e. The Morgan fingerprint density at radius 2 is 1.82 bits per heavy atom. The van der Waals surface area contributed by atoms with E-state index in [9.17, 15) is 5.11 Å². The van der Waals surface area contributed by atoms with Gasteiger partial charge in [0.05, 0.1) is 0 Å². The predicted octanol–water partition coefficient (Wildman–Crippen LogP) is 3.43. The zero-order chi connectivity index (χ0) is 15.1. The van der Waals surface area contributed by atoms with Crippen molar-refractivity contribution in [1.82, 2.24) is 20.6 Å².